The normalized spacial score (nSPS) is 12.2. The van der Waals surface area contributed by atoms with Gasteiger partial charge in [-0.15, -0.1) is 0 Å². The van der Waals surface area contributed by atoms with E-state index in [-0.39, 0.29) is 11.7 Å². The van der Waals surface area contributed by atoms with Gasteiger partial charge in [-0.3, -0.25) is 9.78 Å². The van der Waals surface area contributed by atoms with Crippen LogP contribution in [0.25, 0.3) is 0 Å². The van der Waals surface area contributed by atoms with E-state index in [1.807, 2.05) is 6.92 Å². The number of hydrogen-bond donors (Lipinski definition) is 1. The largest absolute Gasteiger partial charge is 0.495 e. The molecule has 0 saturated carbocycles. The molecule has 1 unspecified atom stereocenters. The number of nitrogens with zero attached hydrogens (tertiary/aromatic N) is 1. The molecular formula is C12H18N2O2. The maximum Gasteiger partial charge on any atom is 0.168 e. The average Bonchev–Trinajstić information content (AvgIpc) is 2.35. The van der Waals surface area contributed by atoms with Crippen LogP contribution in [0.15, 0.2) is 18.5 Å². The van der Waals surface area contributed by atoms with Gasteiger partial charge >= 0.3 is 0 Å². The molecule has 0 aliphatic carbocycles. The predicted octanol–water partition coefficient (Wildman–Crippen LogP) is 1.65. The minimum atomic E-state index is -0.112. The Labute approximate surface area is 95.8 Å². The van der Waals surface area contributed by atoms with Gasteiger partial charge in [0.25, 0.3) is 0 Å². The molecule has 0 aliphatic heterocycles. The lowest BCUT2D eigenvalue weighted by molar-refractivity contribution is 0.0916. The Bertz CT molecular complexity index is 353. The number of carbonyl (C=O) groups excluding carboxylic acids is 1. The lowest BCUT2D eigenvalue weighted by atomic mass is 9.94. The highest BCUT2D eigenvalue weighted by Gasteiger charge is 2.18. The first kappa shape index (κ1) is 12.6. The SMILES string of the molecule is CCCC(CN)C(=O)c1cncc(OC)c1. The van der Waals surface area contributed by atoms with Crippen molar-refractivity contribution in [3.63, 3.8) is 0 Å². The van der Waals surface area contributed by atoms with Crippen molar-refractivity contribution in [1.29, 1.82) is 0 Å². The van der Waals surface area contributed by atoms with Crippen molar-refractivity contribution in [2.24, 2.45) is 11.7 Å². The molecule has 0 saturated heterocycles. The van der Waals surface area contributed by atoms with Gasteiger partial charge in [0.1, 0.15) is 5.75 Å². The van der Waals surface area contributed by atoms with Crippen LogP contribution in [0.2, 0.25) is 0 Å². The van der Waals surface area contributed by atoms with Crippen molar-refractivity contribution in [2.45, 2.75) is 19.8 Å². The van der Waals surface area contributed by atoms with Crippen molar-refractivity contribution >= 4 is 5.78 Å². The minimum absolute atomic E-state index is 0.0516. The van der Waals surface area contributed by atoms with Gasteiger partial charge in [-0.25, -0.2) is 0 Å². The second kappa shape index (κ2) is 6.23. The molecule has 0 aromatic carbocycles. The van der Waals surface area contributed by atoms with E-state index in [2.05, 4.69) is 4.98 Å². The van der Waals surface area contributed by atoms with Gasteiger partial charge in [-0.05, 0) is 12.5 Å². The molecule has 4 nitrogen and oxygen atoms in total. The third-order valence-electron chi connectivity index (χ3n) is 2.53. The maximum atomic E-state index is 12.1. The number of pyridine rings is 1. The second-order valence-corrected chi connectivity index (χ2v) is 3.70. The smallest absolute Gasteiger partial charge is 0.168 e. The Hall–Kier alpha value is -1.42. The van der Waals surface area contributed by atoms with Crippen LogP contribution in [-0.2, 0) is 0 Å². The molecule has 4 heteroatoms. The van der Waals surface area contributed by atoms with Crippen molar-refractivity contribution in [1.82, 2.24) is 4.98 Å². The molecule has 0 bridgehead atoms. The molecule has 0 amide bonds. The lowest BCUT2D eigenvalue weighted by Gasteiger charge is -2.12. The number of aromatic nitrogens is 1. The first-order valence-corrected chi connectivity index (χ1v) is 5.46. The molecule has 0 radical (unpaired) electrons. The number of Topliss-reactive ketones (excluding diaryl/α,β-unsaturated/α-hetero) is 1. The van der Waals surface area contributed by atoms with Crippen molar-refractivity contribution in [3.05, 3.63) is 24.0 Å². The fourth-order valence-electron chi connectivity index (χ4n) is 1.61. The van der Waals surface area contributed by atoms with Gasteiger partial charge in [-0.1, -0.05) is 13.3 Å². The first-order valence-electron chi connectivity index (χ1n) is 5.46. The van der Waals surface area contributed by atoms with Gasteiger partial charge in [0.15, 0.2) is 5.78 Å². The lowest BCUT2D eigenvalue weighted by Crippen LogP contribution is -2.23. The van der Waals surface area contributed by atoms with E-state index in [0.29, 0.717) is 17.9 Å². The van der Waals surface area contributed by atoms with E-state index in [1.165, 1.54) is 0 Å². The minimum Gasteiger partial charge on any atom is -0.495 e. The van der Waals surface area contributed by atoms with Crippen molar-refractivity contribution in [2.75, 3.05) is 13.7 Å². The van der Waals surface area contributed by atoms with Crippen LogP contribution in [0.5, 0.6) is 5.75 Å². The number of nitrogens with two attached hydrogens (primary N) is 1. The number of rotatable bonds is 6. The zero-order chi connectivity index (χ0) is 12.0. The molecule has 1 aromatic rings. The van der Waals surface area contributed by atoms with Gasteiger partial charge in [0.2, 0.25) is 0 Å². The molecule has 88 valence electrons. The molecule has 0 aliphatic rings. The summed E-state index contributed by atoms with van der Waals surface area (Å²) in [6, 6.07) is 1.70. The van der Waals surface area contributed by atoms with E-state index >= 15 is 0 Å². The number of ketones is 1. The van der Waals surface area contributed by atoms with Crippen LogP contribution in [0, 0.1) is 5.92 Å². The molecule has 1 rings (SSSR count). The summed E-state index contributed by atoms with van der Waals surface area (Å²) in [5.41, 5.74) is 6.17. The quantitative estimate of drug-likeness (QED) is 0.743. The van der Waals surface area contributed by atoms with Gasteiger partial charge in [0, 0.05) is 24.2 Å². The fraction of sp³-hybridized carbons (Fsp3) is 0.500. The Kier molecular flexibility index (Phi) is 4.92. The second-order valence-electron chi connectivity index (χ2n) is 3.70. The highest BCUT2D eigenvalue weighted by molar-refractivity contribution is 5.98. The molecular weight excluding hydrogens is 204 g/mol. The predicted molar refractivity (Wildman–Crippen MR) is 62.6 cm³/mol. The summed E-state index contributed by atoms with van der Waals surface area (Å²) in [5.74, 6) is 0.535. The zero-order valence-corrected chi connectivity index (χ0v) is 9.77. The first-order chi connectivity index (χ1) is 7.72. The third-order valence-corrected chi connectivity index (χ3v) is 2.53. The van der Waals surface area contributed by atoms with E-state index < -0.39 is 0 Å². The summed E-state index contributed by atoms with van der Waals surface area (Å²) in [6.07, 6.45) is 4.90. The number of methoxy groups -OCH3 is 1. The summed E-state index contributed by atoms with van der Waals surface area (Å²) in [7, 11) is 1.55. The monoisotopic (exact) mass is 222 g/mol. The summed E-state index contributed by atoms with van der Waals surface area (Å²) in [6.45, 7) is 2.42. The number of hydrogen-bond acceptors (Lipinski definition) is 4. The van der Waals surface area contributed by atoms with Gasteiger partial charge in [0.05, 0.1) is 13.3 Å². The van der Waals surface area contributed by atoms with Crippen LogP contribution in [0.4, 0.5) is 0 Å². The number of ether oxygens (including phenoxy) is 1. The van der Waals surface area contributed by atoms with Gasteiger partial charge in [-0.2, -0.15) is 0 Å². The fourth-order valence-corrected chi connectivity index (χ4v) is 1.61. The molecule has 2 N–H and O–H groups in total. The van der Waals surface area contributed by atoms with Crippen LogP contribution in [-0.4, -0.2) is 24.4 Å². The highest BCUT2D eigenvalue weighted by Crippen LogP contribution is 2.16. The van der Waals surface area contributed by atoms with Crippen LogP contribution in [0.1, 0.15) is 30.1 Å². The van der Waals surface area contributed by atoms with Crippen LogP contribution < -0.4 is 10.5 Å². The summed E-state index contributed by atoms with van der Waals surface area (Å²) in [4.78, 5) is 16.0. The topological polar surface area (TPSA) is 65.2 Å². The number of carbonyl (C=O) groups is 1. The standard InChI is InChI=1S/C12H18N2O2/c1-3-4-9(6-13)12(15)10-5-11(16-2)8-14-7-10/h5,7-9H,3-4,6,13H2,1-2H3. The van der Waals surface area contributed by atoms with Crippen molar-refractivity contribution < 1.29 is 9.53 Å². The molecule has 0 fully saturated rings. The summed E-state index contributed by atoms with van der Waals surface area (Å²) in [5, 5.41) is 0. The van der Waals surface area contributed by atoms with E-state index in [4.69, 9.17) is 10.5 Å². The zero-order valence-electron chi connectivity index (χ0n) is 9.77. The van der Waals surface area contributed by atoms with Crippen molar-refractivity contribution in [3.8, 4) is 5.75 Å². The molecule has 16 heavy (non-hydrogen) atoms. The molecule has 0 spiro atoms. The summed E-state index contributed by atoms with van der Waals surface area (Å²) < 4.78 is 5.03. The Balaban J connectivity index is 2.85. The Morgan fingerprint density at radius 2 is 2.31 bits per heavy atom. The summed E-state index contributed by atoms with van der Waals surface area (Å²) >= 11 is 0. The molecule has 1 heterocycles. The maximum absolute atomic E-state index is 12.1. The third kappa shape index (κ3) is 3.03. The average molecular weight is 222 g/mol. The Morgan fingerprint density at radius 1 is 1.56 bits per heavy atom. The Morgan fingerprint density at radius 3 is 2.88 bits per heavy atom. The van der Waals surface area contributed by atoms with E-state index in [9.17, 15) is 4.79 Å². The van der Waals surface area contributed by atoms with Gasteiger partial charge < -0.3 is 10.5 Å². The van der Waals surface area contributed by atoms with E-state index in [1.54, 1.807) is 25.6 Å². The van der Waals surface area contributed by atoms with Crippen LogP contribution >= 0.6 is 0 Å². The van der Waals surface area contributed by atoms with E-state index in [0.717, 1.165) is 12.8 Å². The highest BCUT2D eigenvalue weighted by atomic mass is 16.5. The van der Waals surface area contributed by atoms with Crippen LogP contribution in [0.3, 0.4) is 0 Å². The molecule has 1 atom stereocenters. The molecule has 1 aromatic heterocycles.